The Bertz CT molecular complexity index is 621. The zero-order chi connectivity index (χ0) is 15.8. The quantitative estimate of drug-likeness (QED) is 0.568. The highest BCUT2D eigenvalue weighted by Crippen LogP contribution is 2.30. The summed E-state index contributed by atoms with van der Waals surface area (Å²) in [6.45, 7) is 6.35. The third-order valence-corrected chi connectivity index (χ3v) is 3.64. The van der Waals surface area contributed by atoms with Crippen molar-refractivity contribution < 1.29 is 0 Å². The standard InChI is InChI=1S/C21H25N/c1-4-10-18-14-16-21(17-15-18)22(19(6-3)11-5-2)20-12-8-7-9-13-20/h5-9,11-17H,4,10H2,1-3H3/b11-5-,19-6+. The van der Waals surface area contributed by atoms with Gasteiger partial charge in [-0.25, -0.2) is 0 Å². The van der Waals surface area contributed by atoms with Gasteiger partial charge in [-0.05, 0) is 56.2 Å². The maximum Gasteiger partial charge on any atom is 0.0461 e. The van der Waals surface area contributed by atoms with Gasteiger partial charge in [-0.1, -0.05) is 55.8 Å². The van der Waals surface area contributed by atoms with Crippen molar-refractivity contribution in [3.05, 3.63) is 84.1 Å². The van der Waals surface area contributed by atoms with Crippen LogP contribution in [0.4, 0.5) is 11.4 Å². The van der Waals surface area contributed by atoms with Gasteiger partial charge in [-0.3, -0.25) is 0 Å². The van der Waals surface area contributed by atoms with E-state index in [1.165, 1.54) is 29.1 Å². The van der Waals surface area contributed by atoms with Crippen molar-refractivity contribution in [1.82, 2.24) is 0 Å². The molecule has 0 aliphatic rings. The van der Waals surface area contributed by atoms with E-state index < -0.39 is 0 Å². The molecule has 114 valence electrons. The van der Waals surface area contributed by atoms with Gasteiger partial charge in [-0.2, -0.15) is 0 Å². The van der Waals surface area contributed by atoms with Crippen LogP contribution in [-0.4, -0.2) is 0 Å². The molecule has 2 rings (SSSR count). The zero-order valence-electron chi connectivity index (χ0n) is 13.8. The SMILES string of the molecule is C/C=C\C(=C/C)N(c1ccccc1)c1ccc(CCC)cc1. The number of hydrogen-bond acceptors (Lipinski definition) is 1. The molecule has 0 atom stereocenters. The molecule has 0 aromatic heterocycles. The van der Waals surface area contributed by atoms with Crippen LogP contribution < -0.4 is 4.90 Å². The van der Waals surface area contributed by atoms with E-state index in [-0.39, 0.29) is 0 Å². The summed E-state index contributed by atoms with van der Waals surface area (Å²) >= 11 is 0. The lowest BCUT2D eigenvalue weighted by Gasteiger charge is -2.26. The van der Waals surface area contributed by atoms with E-state index in [9.17, 15) is 0 Å². The summed E-state index contributed by atoms with van der Waals surface area (Å²) in [5.74, 6) is 0. The second-order valence-electron chi connectivity index (χ2n) is 5.30. The van der Waals surface area contributed by atoms with Gasteiger partial charge in [0.15, 0.2) is 0 Å². The smallest absolute Gasteiger partial charge is 0.0461 e. The first kappa shape index (κ1) is 16.1. The average molecular weight is 291 g/mol. The molecule has 0 radical (unpaired) electrons. The average Bonchev–Trinajstić information content (AvgIpc) is 2.57. The van der Waals surface area contributed by atoms with Gasteiger partial charge in [0.1, 0.15) is 0 Å². The summed E-state index contributed by atoms with van der Waals surface area (Å²) in [4.78, 5) is 2.29. The van der Waals surface area contributed by atoms with Crippen molar-refractivity contribution in [2.45, 2.75) is 33.6 Å². The summed E-state index contributed by atoms with van der Waals surface area (Å²) in [6.07, 6.45) is 8.69. The van der Waals surface area contributed by atoms with Crippen LogP contribution in [-0.2, 0) is 6.42 Å². The van der Waals surface area contributed by atoms with Gasteiger partial charge in [0.05, 0.1) is 0 Å². The molecule has 0 bridgehead atoms. The molecule has 0 aliphatic carbocycles. The normalized spacial score (nSPS) is 11.9. The Balaban J connectivity index is 2.44. The Kier molecular flexibility index (Phi) is 6.02. The van der Waals surface area contributed by atoms with Crippen molar-refractivity contribution in [3.8, 4) is 0 Å². The number of benzene rings is 2. The predicted molar refractivity (Wildman–Crippen MR) is 97.6 cm³/mol. The van der Waals surface area contributed by atoms with Crippen LogP contribution in [0.1, 0.15) is 32.8 Å². The molecule has 0 aliphatic heterocycles. The van der Waals surface area contributed by atoms with E-state index in [2.05, 4.69) is 98.5 Å². The van der Waals surface area contributed by atoms with Crippen molar-refractivity contribution in [2.24, 2.45) is 0 Å². The van der Waals surface area contributed by atoms with Crippen LogP contribution in [0.3, 0.4) is 0 Å². The molecular formula is C21H25N. The van der Waals surface area contributed by atoms with Crippen LogP contribution in [0.15, 0.2) is 78.5 Å². The Morgan fingerprint density at radius 1 is 0.909 bits per heavy atom. The highest BCUT2D eigenvalue weighted by atomic mass is 15.1. The predicted octanol–water partition coefficient (Wildman–Crippen LogP) is 6.26. The maximum atomic E-state index is 2.29. The fourth-order valence-electron chi connectivity index (χ4n) is 2.60. The number of para-hydroxylation sites is 1. The molecule has 2 aromatic rings. The third-order valence-electron chi connectivity index (χ3n) is 3.64. The first-order chi connectivity index (χ1) is 10.8. The molecule has 0 spiro atoms. The summed E-state index contributed by atoms with van der Waals surface area (Å²) in [7, 11) is 0. The van der Waals surface area contributed by atoms with Crippen LogP contribution in [0.25, 0.3) is 0 Å². The molecule has 1 nitrogen and oxygen atoms in total. The van der Waals surface area contributed by atoms with E-state index in [0.29, 0.717) is 0 Å². The van der Waals surface area contributed by atoms with Gasteiger partial charge in [0, 0.05) is 17.1 Å². The minimum Gasteiger partial charge on any atom is -0.311 e. The third kappa shape index (κ3) is 3.88. The van der Waals surface area contributed by atoms with Crippen LogP contribution in [0.2, 0.25) is 0 Å². The minimum atomic E-state index is 1.14. The van der Waals surface area contributed by atoms with Gasteiger partial charge < -0.3 is 4.90 Å². The fourth-order valence-corrected chi connectivity index (χ4v) is 2.60. The molecular weight excluding hydrogens is 266 g/mol. The zero-order valence-corrected chi connectivity index (χ0v) is 13.8. The van der Waals surface area contributed by atoms with E-state index in [4.69, 9.17) is 0 Å². The number of anilines is 2. The second kappa shape index (κ2) is 8.23. The van der Waals surface area contributed by atoms with Crippen molar-refractivity contribution in [2.75, 3.05) is 4.90 Å². The van der Waals surface area contributed by atoms with Crippen molar-refractivity contribution in [3.63, 3.8) is 0 Å². The number of hydrogen-bond donors (Lipinski definition) is 0. The lowest BCUT2D eigenvalue weighted by molar-refractivity contribution is 0.921. The summed E-state index contributed by atoms with van der Waals surface area (Å²) < 4.78 is 0. The molecule has 2 aromatic carbocycles. The van der Waals surface area contributed by atoms with Crippen molar-refractivity contribution in [1.29, 1.82) is 0 Å². The van der Waals surface area contributed by atoms with Gasteiger partial charge >= 0.3 is 0 Å². The topological polar surface area (TPSA) is 3.24 Å². The largest absolute Gasteiger partial charge is 0.311 e. The molecule has 0 saturated carbocycles. The molecule has 1 heteroatoms. The van der Waals surface area contributed by atoms with Crippen LogP contribution in [0.5, 0.6) is 0 Å². The van der Waals surface area contributed by atoms with Crippen LogP contribution in [0, 0.1) is 0 Å². The minimum absolute atomic E-state index is 1.14. The Labute approximate surface area is 134 Å². The summed E-state index contributed by atoms with van der Waals surface area (Å²) in [6, 6.07) is 19.4. The molecule has 0 saturated heterocycles. The van der Waals surface area contributed by atoms with Crippen molar-refractivity contribution >= 4 is 11.4 Å². The monoisotopic (exact) mass is 291 g/mol. The molecule has 0 amide bonds. The van der Waals surface area contributed by atoms with E-state index in [0.717, 1.165) is 6.42 Å². The summed E-state index contributed by atoms with van der Waals surface area (Å²) in [5.41, 5.74) is 4.94. The van der Waals surface area contributed by atoms with E-state index in [1.807, 2.05) is 0 Å². The lowest BCUT2D eigenvalue weighted by atomic mass is 10.1. The van der Waals surface area contributed by atoms with Gasteiger partial charge in [0.25, 0.3) is 0 Å². The Morgan fingerprint density at radius 2 is 1.55 bits per heavy atom. The maximum absolute atomic E-state index is 2.29. The summed E-state index contributed by atoms with van der Waals surface area (Å²) in [5, 5.41) is 0. The van der Waals surface area contributed by atoms with Gasteiger partial charge in [0.2, 0.25) is 0 Å². The highest BCUT2D eigenvalue weighted by Gasteiger charge is 2.11. The first-order valence-corrected chi connectivity index (χ1v) is 8.03. The number of rotatable bonds is 6. The van der Waals surface area contributed by atoms with E-state index in [1.54, 1.807) is 0 Å². The van der Waals surface area contributed by atoms with Gasteiger partial charge in [-0.15, -0.1) is 0 Å². The number of aryl methyl sites for hydroxylation is 1. The highest BCUT2D eigenvalue weighted by molar-refractivity contribution is 5.70. The molecule has 0 heterocycles. The first-order valence-electron chi connectivity index (χ1n) is 8.03. The Hall–Kier alpha value is -2.28. The number of nitrogens with zero attached hydrogens (tertiary/aromatic N) is 1. The Morgan fingerprint density at radius 3 is 2.09 bits per heavy atom. The fraction of sp³-hybridized carbons (Fsp3) is 0.238. The van der Waals surface area contributed by atoms with Crippen LogP contribution >= 0.6 is 0 Å². The molecule has 0 fully saturated rings. The second-order valence-corrected chi connectivity index (χ2v) is 5.30. The lowest BCUT2D eigenvalue weighted by Crippen LogP contribution is -2.14. The number of allylic oxidation sites excluding steroid dienone is 3. The molecule has 0 unspecified atom stereocenters. The van der Waals surface area contributed by atoms with E-state index >= 15 is 0 Å². The molecule has 0 N–H and O–H groups in total. The molecule has 22 heavy (non-hydrogen) atoms.